The average Bonchev–Trinajstić information content (AvgIpc) is 2.70. The summed E-state index contributed by atoms with van der Waals surface area (Å²) in [4.78, 5) is 0. The summed E-state index contributed by atoms with van der Waals surface area (Å²) >= 11 is 6.36. The molecule has 1 rings (SSSR count). The predicted octanol–water partition coefficient (Wildman–Crippen LogP) is 4.16. The first-order chi connectivity index (χ1) is 12.9. The molecule has 0 aliphatic carbocycles. The van der Waals surface area contributed by atoms with Crippen molar-refractivity contribution in [1.82, 2.24) is 0 Å². The van der Waals surface area contributed by atoms with Crippen molar-refractivity contribution < 1.29 is 14.9 Å². The molecule has 0 spiro atoms. The average molecular weight is 394 g/mol. The van der Waals surface area contributed by atoms with E-state index in [1.54, 1.807) is 0 Å². The van der Waals surface area contributed by atoms with Crippen LogP contribution >= 0.6 is 11.6 Å². The van der Waals surface area contributed by atoms with Crippen molar-refractivity contribution in [2.24, 2.45) is 5.73 Å². The van der Waals surface area contributed by atoms with Crippen LogP contribution in [0.2, 0.25) is 0 Å². The number of aliphatic hydroxyl groups excluding tert-OH is 2. The summed E-state index contributed by atoms with van der Waals surface area (Å²) in [7, 11) is 0. The number of hydrogen-bond acceptors (Lipinski definition) is 4. The molecule has 0 saturated heterocycles. The normalized spacial score (nSPS) is 13.0. The lowest BCUT2D eigenvalue weighted by atomic mass is 9.92. The zero-order valence-electron chi connectivity index (χ0n) is 16.4. The molecule has 0 atom stereocenters. The first-order valence-electron chi connectivity index (χ1n) is 9.34. The highest BCUT2D eigenvalue weighted by atomic mass is 35.5. The maximum Gasteiger partial charge on any atom is 0.130 e. The highest BCUT2D eigenvalue weighted by Gasteiger charge is 2.22. The standard InChI is InChI=1S/C22H32ClNO3/c1-4-6-12-27-17(3)21(23)14-19(5-2)20-9-7-8-18(13-20)10-11-22(24,15-25)16-26/h5,7-9,13-14,25-26H,3-4,6,10-12,15-16,24H2,1-2H3/b19-5+,21-14+. The Kier molecular flexibility index (Phi) is 10.4. The molecule has 0 unspecified atom stereocenters. The molecule has 0 amide bonds. The Hall–Kier alpha value is -1.59. The van der Waals surface area contributed by atoms with Crippen molar-refractivity contribution in [2.75, 3.05) is 19.8 Å². The van der Waals surface area contributed by atoms with E-state index in [0.29, 0.717) is 30.2 Å². The second-order valence-electron chi connectivity index (χ2n) is 6.74. The Morgan fingerprint density at radius 2 is 2.04 bits per heavy atom. The molecule has 150 valence electrons. The van der Waals surface area contributed by atoms with E-state index in [4.69, 9.17) is 22.1 Å². The van der Waals surface area contributed by atoms with Crippen LogP contribution in [0.15, 0.2) is 53.8 Å². The molecule has 4 N–H and O–H groups in total. The van der Waals surface area contributed by atoms with Gasteiger partial charge in [0.1, 0.15) is 5.76 Å². The summed E-state index contributed by atoms with van der Waals surface area (Å²) < 4.78 is 5.57. The smallest absolute Gasteiger partial charge is 0.130 e. The summed E-state index contributed by atoms with van der Waals surface area (Å²) in [5, 5.41) is 19.1. The third-order valence-electron chi connectivity index (χ3n) is 4.44. The quantitative estimate of drug-likeness (QED) is 0.283. The molecule has 1 aromatic carbocycles. The fourth-order valence-corrected chi connectivity index (χ4v) is 2.64. The van der Waals surface area contributed by atoms with E-state index in [-0.39, 0.29) is 13.2 Å². The van der Waals surface area contributed by atoms with Gasteiger partial charge in [0.15, 0.2) is 0 Å². The summed E-state index contributed by atoms with van der Waals surface area (Å²) in [5.74, 6) is 0.472. The molecule has 27 heavy (non-hydrogen) atoms. The number of halogens is 1. The van der Waals surface area contributed by atoms with E-state index < -0.39 is 5.54 Å². The predicted molar refractivity (Wildman–Crippen MR) is 113 cm³/mol. The van der Waals surface area contributed by atoms with Crippen LogP contribution in [-0.4, -0.2) is 35.6 Å². The molecular weight excluding hydrogens is 362 g/mol. The van der Waals surface area contributed by atoms with Crippen LogP contribution in [0.4, 0.5) is 0 Å². The van der Waals surface area contributed by atoms with E-state index in [0.717, 1.165) is 29.5 Å². The van der Waals surface area contributed by atoms with Gasteiger partial charge in [0.2, 0.25) is 0 Å². The lowest BCUT2D eigenvalue weighted by Crippen LogP contribution is -2.47. The Morgan fingerprint density at radius 1 is 1.33 bits per heavy atom. The van der Waals surface area contributed by atoms with Crippen LogP contribution in [0, 0.1) is 0 Å². The van der Waals surface area contributed by atoms with Gasteiger partial charge in [-0.05, 0) is 49.0 Å². The van der Waals surface area contributed by atoms with E-state index in [1.165, 1.54) is 0 Å². The molecule has 0 fully saturated rings. The fourth-order valence-electron chi connectivity index (χ4n) is 2.47. The number of allylic oxidation sites excluding steroid dienone is 4. The Bertz CT molecular complexity index is 663. The molecular formula is C22H32ClNO3. The van der Waals surface area contributed by atoms with Crippen LogP contribution in [0.5, 0.6) is 0 Å². The molecule has 0 aliphatic heterocycles. The van der Waals surface area contributed by atoms with Crippen LogP contribution in [0.25, 0.3) is 5.57 Å². The van der Waals surface area contributed by atoms with E-state index in [9.17, 15) is 10.2 Å². The minimum absolute atomic E-state index is 0.248. The molecule has 4 nitrogen and oxygen atoms in total. The Morgan fingerprint density at radius 3 is 2.63 bits per heavy atom. The third kappa shape index (κ3) is 7.89. The summed E-state index contributed by atoms with van der Waals surface area (Å²) in [5.41, 5.74) is 8.05. The third-order valence-corrected chi connectivity index (χ3v) is 4.76. The maximum atomic E-state index is 9.34. The van der Waals surface area contributed by atoms with Crippen LogP contribution in [0.1, 0.15) is 44.2 Å². The monoisotopic (exact) mass is 393 g/mol. The van der Waals surface area contributed by atoms with Gasteiger partial charge in [0.05, 0.1) is 30.4 Å². The molecule has 0 radical (unpaired) electrons. The Balaban J connectivity index is 2.87. The molecule has 0 bridgehead atoms. The molecule has 1 aromatic rings. The van der Waals surface area contributed by atoms with Crippen LogP contribution in [0.3, 0.4) is 0 Å². The minimum atomic E-state index is -0.962. The highest BCUT2D eigenvalue weighted by Crippen LogP contribution is 2.24. The summed E-state index contributed by atoms with van der Waals surface area (Å²) in [6.07, 6.45) is 7.00. The van der Waals surface area contributed by atoms with Crippen molar-refractivity contribution in [2.45, 2.75) is 45.1 Å². The number of aryl methyl sites for hydroxylation is 1. The van der Waals surface area contributed by atoms with Gasteiger partial charge in [-0.2, -0.15) is 0 Å². The number of hydrogen-bond donors (Lipinski definition) is 3. The first-order valence-corrected chi connectivity index (χ1v) is 9.72. The van der Waals surface area contributed by atoms with Crippen LogP contribution in [-0.2, 0) is 11.2 Å². The van der Waals surface area contributed by atoms with Gasteiger partial charge in [0.25, 0.3) is 0 Å². The Labute approximate surface area is 168 Å². The van der Waals surface area contributed by atoms with Gasteiger partial charge in [-0.3, -0.25) is 0 Å². The van der Waals surface area contributed by atoms with Gasteiger partial charge in [-0.15, -0.1) is 0 Å². The molecule has 0 aromatic heterocycles. The minimum Gasteiger partial charge on any atom is -0.493 e. The van der Waals surface area contributed by atoms with E-state index in [1.807, 2.05) is 37.3 Å². The number of ether oxygens (including phenoxy) is 1. The first kappa shape index (κ1) is 23.4. The molecule has 0 saturated carbocycles. The van der Waals surface area contributed by atoms with Crippen molar-refractivity contribution >= 4 is 17.2 Å². The number of benzene rings is 1. The zero-order valence-corrected chi connectivity index (χ0v) is 17.1. The maximum absolute atomic E-state index is 9.34. The lowest BCUT2D eigenvalue weighted by Gasteiger charge is -2.24. The number of nitrogens with two attached hydrogens (primary N) is 1. The SMILES string of the molecule is C=C(OCCCC)/C(Cl)=C\C(=C/C)c1cccc(CCC(N)(CO)CO)c1. The molecule has 0 aliphatic rings. The number of aliphatic hydroxyl groups is 2. The van der Waals surface area contributed by atoms with Gasteiger partial charge in [-0.1, -0.05) is 61.9 Å². The summed E-state index contributed by atoms with van der Waals surface area (Å²) in [6.45, 7) is 8.05. The molecule has 0 heterocycles. The van der Waals surface area contributed by atoms with E-state index >= 15 is 0 Å². The highest BCUT2D eigenvalue weighted by molar-refractivity contribution is 6.32. The van der Waals surface area contributed by atoms with Crippen LogP contribution < -0.4 is 5.73 Å². The number of rotatable bonds is 12. The largest absolute Gasteiger partial charge is 0.493 e. The van der Waals surface area contributed by atoms with Gasteiger partial charge < -0.3 is 20.7 Å². The van der Waals surface area contributed by atoms with Gasteiger partial charge in [0, 0.05) is 0 Å². The van der Waals surface area contributed by atoms with Crippen molar-refractivity contribution in [3.8, 4) is 0 Å². The molecule has 5 heteroatoms. The number of unbranched alkanes of at least 4 members (excludes halogenated alkanes) is 1. The van der Waals surface area contributed by atoms with Gasteiger partial charge >= 0.3 is 0 Å². The van der Waals surface area contributed by atoms with Crippen molar-refractivity contribution in [3.63, 3.8) is 0 Å². The van der Waals surface area contributed by atoms with Crippen molar-refractivity contribution in [3.05, 3.63) is 64.9 Å². The lowest BCUT2D eigenvalue weighted by molar-refractivity contribution is 0.115. The second-order valence-corrected chi connectivity index (χ2v) is 7.15. The zero-order chi connectivity index (χ0) is 20.3. The topological polar surface area (TPSA) is 75.7 Å². The van der Waals surface area contributed by atoms with Gasteiger partial charge in [-0.25, -0.2) is 0 Å². The van der Waals surface area contributed by atoms with E-state index in [2.05, 4.69) is 19.6 Å². The second kappa shape index (κ2) is 12.0. The van der Waals surface area contributed by atoms with Crippen molar-refractivity contribution in [1.29, 1.82) is 0 Å². The fraction of sp³-hybridized carbons (Fsp3) is 0.455. The summed E-state index contributed by atoms with van der Waals surface area (Å²) in [6, 6.07) is 8.04.